The maximum Gasteiger partial charge on any atom is 0.391 e. The highest BCUT2D eigenvalue weighted by Crippen LogP contribution is 2.38. The van der Waals surface area contributed by atoms with Crippen LogP contribution in [0, 0.1) is 5.92 Å². The minimum atomic E-state index is -4.07. The van der Waals surface area contributed by atoms with E-state index in [1.165, 1.54) is 0 Å². The summed E-state index contributed by atoms with van der Waals surface area (Å²) in [5.41, 5.74) is 0. The van der Waals surface area contributed by atoms with Gasteiger partial charge in [-0.1, -0.05) is 28.1 Å². The van der Waals surface area contributed by atoms with Crippen LogP contribution in [0.5, 0.6) is 5.75 Å². The van der Waals surface area contributed by atoms with E-state index in [0.29, 0.717) is 12.8 Å². The van der Waals surface area contributed by atoms with Crippen LogP contribution in [0.4, 0.5) is 13.2 Å². The van der Waals surface area contributed by atoms with Gasteiger partial charge in [-0.25, -0.2) is 0 Å². The summed E-state index contributed by atoms with van der Waals surface area (Å²) in [6.45, 7) is 0. The van der Waals surface area contributed by atoms with E-state index in [1.807, 2.05) is 36.4 Å². The van der Waals surface area contributed by atoms with Gasteiger partial charge >= 0.3 is 6.18 Å². The summed E-state index contributed by atoms with van der Waals surface area (Å²) in [4.78, 5) is 0. The van der Waals surface area contributed by atoms with E-state index in [-0.39, 0.29) is 18.9 Å². The van der Waals surface area contributed by atoms with E-state index in [4.69, 9.17) is 4.74 Å². The van der Waals surface area contributed by atoms with Crippen LogP contribution in [0.25, 0.3) is 10.8 Å². The molecule has 0 aromatic heterocycles. The summed E-state index contributed by atoms with van der Waals surface area (Å²) in [5.74, 6) is -0.444. The maximum atomic E-state index is 12.7. The van der Waals surface area contributed by atoms with E-state index in [2.05, 4.69) is 15.9 Å². The Morgan fingerprint density at radius 1 is 1.00 bits per heavy atom. The number of fused-ring (bicyclic) bond motifs is 1. The Bertz CT molecular complexity index is 660. The van der Waals surface area contributed by atoms with Crippen molar-refractivity contribution in [1.29, 1.82) is 0 Å². The van der Waals surface area contributed by atoms with Gasteiger partial charge in [-0.15, -0.1) is 0 Å². The molecule has 1 saturated carbocycles. The van der Waals surface area contributed by atoms with Crippen LogP contribution in [0.2, 0.25) is 0 Å². The molecule has 22 heavy (non-hydrogen) atoms. The second-order valence-corrected chi connectivity index (χ2v) is 6.61. The molecule has 0 radical (unpaired) electrons. The van der Waals surface area contributed by atoms with E-state index in [9.17, 15) is 13.2 Å². The quantitative estimate of drug-likeness (QED) is 0.618. The molecule has 3 rings (SSSR count). The minimum Gasteiger partial charge on any atom is -0.490 e. The molecule has 0 heterocycles. The first-order chi connectivity index (χ1) is 10.4. The van der Waals surface area contributed by atoms with E-state index in [1.54, 1.807) is 0 Å². The van der Waals surface area contributed by atoms with Crippen molar-refractivity contribution >= 4 is 26.7 Å². The van der Waals surface area contributed by atoms with Gasteiger partial charge in [-0.05, 0) is 60.7 Å². The first kappa shape index (κ1) is 15.7. The molecule has 0 saturated heterocycles. The van der Waals surface area contributed by atoms with Gasteiger partial charge in [0.15, 0.2) is 0 Å². The standard InChI is InChI=1S/C17H16BrF3O/c18-16-3-1-2-11-10-14(8-9-15(11)16)22-13-6-4-12(5-7-13)17(19,20)21/h1-3,8-10,12-13H,4-7H2. The molecular weight excluding hydrogens is 357 g/mol. The van der Waals surface area contributed by atoms with Gasteiger partial charge in [0.2, 0.25) is 0 Å². The number of hydrogen-bond donors (Lipinski definition) is 0. The summed E-state index contributed by atoms with van der Waals surface area (Å²) in [6.07, 6.45) is -2.95. The molecule has 2 aromatic carbocycles. The normalized spacial score (nSPS) is 22.7. The highest BCUT2D eigenvalue weighted by molar-refractivity contribution is 9.10. The predicted octanol–water partition coefficient (Wildman–Crippen LogP) is 6.10. The third kappa shape index (κ3) is 3.40. The number of hydrogen-bond acceptors (Lipinski definition) is 1. The zero-order chi connectivity index (χ0) is 15.7. The Morgan fingerprint density at radius 3 is 2.41 bits per heavy atom. The van der Waals surface area contributed by atoms with Crippen molar-refractivity contribution in [2.24, 2.45) is 5.92 Å². The molecule has 0 amide bonds. The van der Waals surface area contributed by atoms with Crippen LogP contribution in [0.3, 0.4) is 0 Å². The number of ether oxygens (including phenoxy) is 1. The first-order valence-electron chi connectivity index (χ1n) is 7.35. The minimum absolute atomic E-state index is 0.122. The van der Waals surface area contributed by atoms with Gasteiger partial charge < -0.3 is 4.74 Å². The van der Waals surface area contributed by atoms with E-state index < -0.39 is 12.1 Å². The Hall–Kier alpha value is -1.23. The predicted molar refractivity (Wildman–Crippen MR) is 84.1 cm³/mol. The topological polar surface area (TPSA) is 9.23 Å². The monoisotopic (exact) mass is 372 g/mol. The van der Waals surface area contributed by atoms with Crippen molar-refractivity contribution in [3.63, 3.8) is 0 Å². The van der Waals surface area contributed by atoms with Gasteiger partial charge in [0.1, 0.15) is 5.75 Å². The van der Waals surface area contributed by atoms with Crippen LogP contribution in [0.15, 0.2) is 40.9 Å². The number of halogens is 4. The summed E-state index contributed by atoms with van der Waals surface area (Å²) < 4.78 is 44.9. The van der Waals surface area contributed by atoms with Gasteiger partial charge in [0, 0.05) is 4.47 Å². The molecule has 1 aliphatic rings. The Kier molecular flexibility index (Phi) is 4.35. The van der Waals surface area contributed by atoms with Crippen molar-refractivity contribution < 1.29 is 17.9 Å². The lowest BCUT2D eigenvalue weighted by molar-refractivity contribution is -0.185. The van der Waals surface area contributed by atoms with Crippen LogP contribution in [-0.4, -0.2) is 12.3 Å². The van der Waals surface area contributed by atoms with Crippen molar-refractivity contribution in [2.75, 3.05) is 0 Å². The second kappa shape index (κ2) is 6.11. The fourth-order valence-corrected chi connectivity index (χ4v) is 3.51. The summed E-state index contributed by atoms with van der Waals surface area (Å²) >= 11 is 3.50. The van der Waals surface area contributed by atoms with Crippen LogP contribution in [0.1, 0.15) is 25.7 Å². The zero-order valence-electron chi connectivity index (χ0n) is 11.9. The summed E-state index contributed by atoms with van der Waals surface area (Å²) in [6, 6.07) is 11.7. The summed E-state index contributed by atoms with van der Waals surface area (Å²) in [5, 5.41) is 2.14. The smallest absolute Gasteiger partial charge is 0.391 e. The van der Waals surface area contributed by atoms with Gasteiger partial charge in [-0.3, -0.25) is 0 Å². The number of alkyl halides is 3. The molecule has 0 bridgehead atoms. The SMILES string of the molecule is FC(F)(F)C1CCC(Oc2ccc3c(Br)cccc3c2)CC1. The Morgan fingerprint density at radius 2 is 1.73 bits per heavy atom. The molecular formula is C17H16BrF3O. The molecule has 0 unspecified atom stereocenters. The van der Waals surface area contributed by atoms with Crippen LogP contribution < -0.4 is 4.74 Å². The van der Waals surface area contributed by atoms with Gasteiger partial charge in [-0.2, -0.15) is 13.2 Å². The van der Waals surface area contributed by atoms with Crippen molar-refractivity contribution in [2.45, 2.75) is 38.0 Å². The highest BCUT2D eigenvalue weighted by Gasteiger charge is 2.41. The van der Waals surface area contributed by atoms with Gasteiger partial charge in [0.05, 0.1) is 12.0 Å². The molecule has 0 atom stereocenters. The molecule has 1 aliphatic carbocycles. The van der Waals surface area contributed by atoms with Crippen molar-refractivity contribution in [1.82, 2.24) is 0 Å². The van der Waals surface area contributed by atoms with E-state index >= 15 is 0 Å². The molecule has 5 heteroatoms. The lowest BCUT2D eigenvalue weighted by atomic mass is 9.87. The summed E-state index contributed by atoms with van der Waals surface area (Å²) in [7, 11) is 0. The average Bonchev–Trinajstić information content (AvgIpc) is 2.47. The molecule has 1 nitrogen and oxygen atoms in total. The van der Waals surface area contributed by atoms with Crippen molar-refractivity contribution in [3.8, 4) is 5.75 Å². The molecule has 2 aromatic rings. The molecule has 0 N–H and O–H groups in total. The fourth-order valence-electron chi connectivity index (χ4n) is 3.00. The second-order valence-electron chi connectivity index (χ2n) is 5.76. The third-order valence-corrected chi connectivity index (χ3v) is 4.93. The average molecular weight is 373 g/mol. The lowest BCUT2D eigenvalue weighted by Crippen LogP contribution is -2.31. The van der Waals surface area contributed by atoms with Crippen LogP contribution >= 0.6 is 15.9 Å². The Labute approximate surface area is 135 Å². The highest BCUT2D eigenvalue weighted by atomic mass is 79.9. The lowest BCUT2D eigenvalue weighted by Gasteiger charge is -2.30. The molecule has 1 fully saturated rings. The molecule has 0 aliphatic heterocycles. The first-order valence-corrected chi connectivity index (χ1v) is 8.14. The fraction of sp³-hybridized carbons (Fsp3) is 0.412. The molecule has 118 valence electrons. The van der Waals surface area contributed by atoms with Crippen LogP contribution in [-0.2, 0) is 0 Å². The molecule has 0 spiro atoms. The third-order valence-electron chi connectivity index (χ3n) is 4.24. The van der Waals surface area contributed by atoms with Gasteiger partial charge in [0.25, 0.3) is 0 Å². The largest absolute Gasteiger partial charge is 0.490 e. The Balaban J connectivity index is 1.67. The number of rotatable bonds is 2. The van der Waals surface area contributed by atoms with E-state index in [0.717, 1.165) is 21.0 Å². The maximum absolute atomic E-state index is 12.7. The number of benzene rings is 2. The zero-order valence-corrected chi connectivity index (χ0v) is 13.5. The van der Waals surface area contributed by atoms with Crippen molar-refractivity contribution in [3.05, 3.63) is 40.9 Å².